The van der Waals surface area contributed by atoms with E-state index in [1.165, 1.54) is 12.8 Å². The van der Waals surface area contributed by atoms with Crippen molar-refractivity contribution in [2.24, 2.45) is 10.4 Å². The molecule has 0 aromatic rings. The molecule has 0 spiro atoms. The first-order chi connectivity index (χ1) is 6.60. The molecule has 0 fully saturated rings. The Morgan fingerprint density at radius 2 is 1.93 bits per heavy atom. The first-order valence-electron chi connectivity index (χ1n) is 5.84. The molecule has 0 radical (unpaired) electrons. The fourth-order valence-corrected chi connectivity index (χ4v) is 1.56. The third-order valence-corrected chi connectivity index (χ3v) is 3.76. The lowest BCUT2D eigenvalue weighted by Crippen LogP contribution is -2.30. The lowest BCUT2D eigenvalue weighted by atomic mass is 9.82. The molecule has 0 aromatic carbocycles. The molecule has 1 atom stereocenters. The smallest absolute Gasteiger partial charge is 0.0815 e. The molecular formula is C13H23N. The monoisotopic (exact) mass is 193 g/mol. The van der Waals surface area contributed by atoms with E-state index in [4.69, 9.17) is 4.99 Å². The van der Waals surface area contributed by atoms with Crippen LogP contribution in [0.1, 0.15) is 53.4 Å². The van der Waals surface area contributed by atoms with Crippen LogP contribution in [0.15, 0.2) is 17.1 Å². The normalized spacial score (nSPS) is 26.9. The van der Waals surface area contributed by atoms with Crippen LogP contribution in [0.2, 0.25) is 0 Å². The Hall–Kier alpha value is -0.590. The van der Waals surface area contributed by atoms with Crippen LogP contribution in [0.25, 0.3) is 0 Å². The van der Waals surface area contributed by atoms with Crippen molar-refractivity contribution in [2.45, 2.75) is 58.9 Å². The highest BCUT2D eigenvalue weighted by molar-refractivity contribution is 5.66. The molecule has 0 aliphatic heterocycles. The van der Waals surface area contributed by atoms with Crippen molar-refractivity contribution in [2.75, 3.05) is 0 Å². The van der Waals surface area contributed by atoms with E-state index < -0.39 is 0 Å². The lowest BCUT2D eigenvalue weighted by molar-refractivity contribution is 0.425. The van der Waals surface area contributed by atoms with Gasteiger partial charge in [0.2, 0.25) is 0 Å². The molecule has 1 rings (SSSR count). The van der Waals surface area contributed by atoms with Crippen LogP contribution in [0.3, 0.4) is 0 Å². The van der Waals surface area contributed by atoms with Gasteiger partial charge < -0.3 is 0 Å². The number of hydrogen-bond acceptors (Lipinski definition) is 1. The summed E-state index contributed by atoms with van der Waals surface area (Å²) in [5, 5.41) is 0. The van der Waals surface area contributed by atoms with Crippen molar-refractivity contribution >= 4 is 6.21 Å². The van der Waals surface area contributed by atoms with E-state index in [9.17, 15) is 0 Å². The Balaban J connectivity index is 2.66. The highest BCUT2D eigenvalue weighted by Gasteiger charge is 2.29. The summed E-state index contributed by atoms with van der Waals surface area (Å²) in [5.41, 5.74) is 0.456. The summed E-state index contributed by atoms with van der Waals surface area (Å²) >= 11 is 0. The fourth-order valence-electron chi connectivity index (χ4n) is 1.56. The highest BCUT2D eigenvalue weighted by atomic mass is 14.9. The van der Waals surface area contributed by atoms with Crippen molar-refractivity contribution < 1.29 is 0 Å². The van der Waals surface area contributed by atoms with Gasteiger partial charge in [-0.1, -0.05) is 39.8 Å². The minimum absolute atomic E-state index is 0.158. The van der Waals surface area contributed by atoms with Gasteiger partial charge in [-0.25, -0.2) is 0 Å². The number of aliphatic imine (C=N–C) groups is 1. The van der Waals surface area contributed by atoms with Crippen LogP contribution < -0.4 is 0 Å². The maximum absolute atomic E-state index is 4.78. The number of nitrogens with zero attached hydrogens (tertiary/aromatic N) is 1. The van der Waals surface area contributed by atoms with Crippen LogP contribution in [-0.4, -0.2) is 11.8 Å². The molecule has 1 nitrogen and oxygen atoms in total. The Morgan fingerprint density at radius 1 is 1.36 bits per heavy atom. The summed E-state index contributed by atoms with van der Waals surface area (Å²) in [7, 11) is 0. The van der Waals surface area contributed by atoms with E-state index in [1.807, 2.05) is 0 Å². The third kappa shape index (κ3) is 2.26. The number of hydrogen-bond donors (Lipinski definition) is 0. The van der Waals surface area contributed by atoms with Crippen LogP contribution in [0.5, 0.6) is 0 Å². The second kappa shape index (κ2) is 4.29. The zero-order chi connectivity index (χ0) is 10.7. The molecule has 1 unspecified atom stereocenters. The predicted molar refractivity (Wildman–Crippen MR) is 64.0 cm³/mol. The van der Waals surface area contributed by atoms with E-state index in [1.54, 1.807) is 0 Å². The van der Waals surface area contributed by atoms with Gasteiger partial charge in [0.25, 0.3) is 0 Å². The van der Waals surface area contributed by atoms with Crippen molar-refractivity contribution in [1.29, 1.82) is 0 Å². The summed E-state index contributed by atoms with van der Waals surface area (Å²) in [6.45, 7) is 8.99. The van der Waals surface area contributed by atoms with E-state index >= 15 is 0 Å². The van der Waals surface area contributed by atoms with E-state index in [0.717, 1.165) is 12.8 Å². The van der Waals surface area contributed by atoms with Gasteiger partial charge >= 0.3 is 0 Å². The Bertz CT molecular complexity index is 236. The predicted octanol–water partition coefficient (Wildman–Crippen LogP) is 3.99. The van der Waals surface area contributed by atoms with Crippen molar-refractivity contribution in [1.82, 2.24) is 0 Å². The third-order valence-electron chi connectivity index (χ3n) is 3.76. The van der Waals surface area contributed by atoms with Gasteiger partial charge in [-0.2, -0.15) is 0 Å². The molecule has 14 heavy (non-hydrogen) atoms. The number of rotatable bonds is 5. The van der Waals surface area contributed by atoms with Gasteiger partial charge in [-0.3, -0.25) is 4.99 Å². The molecule has 1 aliphatic carbocycles. The molecule has 0 saturated heterocycles. The van der Waals surface area contributed by atoms with E-state index in [-0.39, 0.29) is 5.54 Å². The summed E-state index contributed by atoms with van der Waals surface area (Å²) in [6.07, 6.45) is 11.3. The van der Waals surface area contributed by atoms with Gasteiger partial charge in [0.1, 0.15) is 0 Å². The van der Waals surface area contributed by atoms with Crippen molar-refractivity contribution in [3.05, 3.63) is 12.2 Å². The minimum Gasteiger partial charge on any atom is -0.286 e. The fraction of sp³-hybridized carbons (Fsp3) is 0.769. The van der Waals surface area contributed by atoms with E-state index in [2.05, 4.69) is 46.1 Å². The van der Waals surface area contributed by atoms with Gasteiger partial charge in [0, 0.05) is 11.6 Å². The Labute approximate surface area is 88.3 Å². The average molecular weight is 193 g/mol. The molecular weight excluding hydrogens is 170 g/mol. The molecule has 0 heterocycles. The molecule has 0 N–H and O–H groups in total. The summed E-state index contributed by atoms with van der Waals surface area (Å²) in [6, 6.07) is 0. The van der Waals surface area contributed by atoms with Gasteiger partial charge in [-0.15, -0.1) is 0 Å². The largest absolute Gasteiger partial charge is 0.286 e. The first-order valence-corrected chi connectivity index (χ1v) is 5.84. The maximum atomic E-state index is 4.78. The molecule has 1 heteroatoms. The second-order valence-electron chi connectivity index (χ2n) is 4.68. The standard InChI is InChI=1S/C13H23N/c1-5-12(4,6-2)11-14-13(7-3)9-8-10-13/h8-9,11H,5-7,10H2,1-4H3/b14-11+. The second-order valence-corrected chi connectivity index (χ2v) is 4.68. The molecule has 0 saturated carbocycles. The highest BCUT2D eigenvalue weighted by Crippen LogP contribution is 2.32. The van der Waals surface area contributed by atoms with E-state index in [0.29, 0.717) is 5.41 Å². The lowest BCUT2D eigenvalue weighted by Gasteiger charge is -2.32. The zero-order valence-electron chi connectivity index (χ0n) is 10.0. The summed E-state index contributed by atoms with van der Waals surface area (Å²) in [4.78, 5) is 4.78. The van der Waals surface area contributed by atoms with Gasteiger partial charge in [0.05, 0.1) is 5.54 Å². The summed E-state index contributed by atoms with van der Waals surface area (Å²) in [5.74, 6) is 0. The Morgan fingerprint density at radius 3 is 2.21 bits per heavy atom. The van der Waals surface area contributed by atoms with Crippen molar-refractivity contribution in [3.63, 3.8) is 0 Å². The van der Waals surface area contributed by atoms with Crippen LogP contribution in [0.4, 0.5) is 0 Å². The maximum Gasteiger partial charge on any atom is 0.0815 e. The molecule has 0 amide bonds. The van der Waals surface area contributed by atoms with Gasteiger partial charge in [-0.05, 0) is 25.7 Å². The average Bonchev–Trinajstić information content (AvgIpc) is 2.16. The first kappa shape index (κ1) is 11.5. The zero-order valence-corrected chi connectivity index (χ0v) is 10.0. The van der Waals surface area contributed by atoms with Crippen molar-refractivity contribution in [3.8, 4) is 0 Å². The SMILES string of the molecule is CCC(C)(/C=N/C1(CC)C=CC1)CC. The van der Waals surface area contributed by atoms with Crippen LogP contribution >= 0.6 is 0 Å². The quantitative estimate of drug-likeness (QED) is 0.462. The summed E-state index contributed by atoms with van der Waals surface area (Å²) < 4.78 is 0. The minimum atomic E-state index is 0.158. The molecule has 1 aliphatic rings. The van der Waals surface area contributed by atoms with Crippen LogP contribution in [0, 0.1) is 5.41 Å². The molecule has 0 aromatic heterocycles. The molecule has 0 bridgehead atoms. The van der Waals surface area contributed by atoms with Gasteiger partial charge in [0.15, 0.2) is 0 Å². The van der Waals surface area contributed by atoms with Crippen LogP contribution in [-0.2, 0) is 0 Å². The molecule has 80 valence electrons. The Kier molecular flexibility index (Phi) is 3.52. The topological polar surface area (TPSA) is 12.4 Å².